The summed E-state index contributed by atoms with van der Waals surface area (Å²) in [6, 6.07) is 0. The molecule has 0 aromatic carbocycles. The number of cyclic esters (lactones) is 1. The van der Waals surface area contributed by atoms with Gasteiger partial charge < -0.3 is 14.2 Å². The zero-order valence-electron chi connectivity index (χ0n) is 9.40. The van der Waals surface area contributed by atoms with Crippen LogP contribution in [0.15, 0.2) is 12.3 Å². The second-order valence-corrected chi connectivity index (χ2v) is 3.40. The van der Waals surface area contributed by atoms with Crippen LogP contribution >= 0.6 is 0 Å². The second-order valence-electron chi connectivity index (χ2n) is 3.40. The molecule has 86 valence electrons. The fourth-order valence-electron chi connectivity index (χ4n) is 0.499. The Morgan fingerprint density at radius 1 is 1.20 bits per heavy atom. The van der Waals surface area contributed by atoms with Crippen LogP contribution in [0.1, 0.15) is 27.7 Å². The number of epoxide rings is 1. The molecule has 0 atom stereocenters. The molecule has 0 aromatic heterocycles. The quantitative estimate of drug-likeness (QED) is 0.401. The van der Waals surface area contributed by atoms with Crippen LogP contribution in [0.25, 0.3) is 0 Å². The van der Waals surface area contributed by atoms with Gasteiger partial charge in [0.25, 0.3) is 0 Å². The molecule has 1 aliphatic heterocycles. The van der Waals surface area contributed by atoms with Crippen molar-refractivity contribution in [2.75, 3.05) is 0 Å². The van der Waals surface area contributed by atoms with Crippen molar-refractivity contribution >= 4 is 12.1 Å². The van der Waals surface area contributed by atoms with E-state index in [0.717, 1.165) is 0 Å². The Hall–Kier alpha value is -1.52. The summed E-state index contributed by atoms with van der Waals surface area (Å²) >= 11 is 0. The highest BCUT2D eigenvalue weighted by atomic mass is 16.7. The minimum absolute atomic E-state index is 0.105. The minimum Gasteiger partial charge on any atom is -0.432 e. The zero-order valence-corrected chi connectivity index (χ0v) is 9.40. The Morgan fingerprint density at radius 3 is 1.60 bits per heavy atom. The van der Waals surface area contributed by atoms with Gasteiger partial charge in [0.15, 0.2) is 0 Å². The van der Waals surface area contributed by atoms with Crippen LogP contribution < -0.4 is 0 Å². The summed E-state index contributed by atoms with van der Waals surface area (Å²) in [4.78, 5) is 20.2. The standard InChI is InChI=1S/C7H14O3.C3H2O2/c1-5(2)9-7(8)10-6(3)4;1-2-3(4)5-2/h5-6H,1-4H3;1H2. The molecule has 0 unspecified atom stereocenters. The Morgan fingerprint density at radius 2 is 1.47 bits per heavy atom. The van der Waals surface area contributed by atoms with Gasteiger partial charge in [-0.3, -0.25) is 0 Å². The third kappa shape index (κ3) is 8.80. The monoisotopic (exact) mass is 216 g/mol. The first-order chi connectivity index (χ1) is 6.82. The topological polar surface area (TPSA) is 65.1 Å². The lowest BCUT2D eigenvalue weighted by Crippen LogP contribution is -2.16. The minimum atomic E-state index is -0.593. The fourth-order valence-corrected chi connectivity index (χ4v) is 0.499. The van der Waals surface area contributed by atoms with Gasteiger partial charge in [0.05, 0.1) is 12.2 Å². The summed E-state index contributed by atoms with van der Waals surface area (Å²) < 4.78 is 13.5. The molecule has 5 heteroatoms. The molecule has 1 fully saturated rings. The average Bonchev–Trinajstić information content (AvgIpc) is 2.61. The van der Waals surface area contributed by atoms with Gasteiger partial charge in [0, 0.05) is 0 Å². The van der Waals surface area contributed by atoms with Gasteiger partial charge in [-0.25, -0.2) is 9.59 Å². The third-order valence-corrected chi connectivity index (χ3v) is 1.07. The van der Waals surface area contributed by atoms with Crippen LogP contribution in [0.2, 0.25) is 0 Å². The maximum atomic E-state index is 10.6. The zero-order chi connectivity index (χ0) is 12.0. The third-order valence-electron chi connectivity index (χ3n) is 1.07. The lowest BCUT2D eigenvalue weighted by atomic mass is 10.5. The maximum Gasteiger partial charge on any atom is 0.508 e. The van der Waals surface area contributed by atoms with E-state index in [9.17, 15) is 9.59 Å². The van der Waals surface area contributed by atoms with Crippen LogP contribution in [0.4, 0.5) is 4.79 Å². The molecule has 0 spiro atoms. The molecule has 5 nitrogen and oxygen atoms in total. The van der Waals surface area contributed by atoms with E-state index >= 15 is 0 Å². The summed E-state index contributed by atoms with van der Waals surface area (Å²) in [5.74, 6) is 0.00926. The van der Waals surface area contributed by atoms with Gasteiger partial charge in [0.2, 0.25) is 5.76 Å². The summed E-state index contributed by atoms with van der Waals surface area (Å²) in [7, 11) is 0. The van der Waals surface area contributed by atoms with Crippen molar-refractivity contribution in [1.29, 1.82) is 0 Å². The molecular formula is C10H16O5. The summed E-state index contributed by atoms with van der Waals surface area (Å²) in [5.41, 5.74) is 0. The molecular weight excluding hydrogens is 200 g/mol. The Balaban J connectivity index is 0.000000322. The molecule has 0 amide bonds. The van der Waals surface area contributed by atoms with Gasteiger partial charge in [0.1, 0.15) is 0 Å². The van der Waals surface area contributed by atoms with Crippen LogP contribution in [0, 0.1) is 0 Å². The number of hydrogen-bond acceptors (Lipinski definition) is 5. The first-order valence-electron chi connectivity index (χ1n) is 4.61. The Kier molecular flexibility index (Phi) is 5.44. The van der Waals surface area contributed by atoms with Crippen molar-refractivity contribution in [3.05, 3.63) is 12.3 Å². The molecule has 0 aliphatic carbocycles. The largest absolute Gasteiger partial charge is 0.508 e. The predicted octanol–water partition coefficient (Wildman–Crippen LogP) is 2.01. The van der Waals surface area contributed by atoms with Gasteiger partial charge in [-0.05, 0) is 34.3 Å². The van der Waals surface area contributed by atoms with Gasteiger partial charge in [-0.15, -0.1) is 0 Å². The lowest BCUT2D eigenvalue weighted by Gasteiger charge is -2.10. The van der Waals surface area contributed by atoms with Crippen molar-refractivity contribution in [3.63, 3.8) is 0 Å². The molecule has 0 radical (unpaired) electrons. The van der Waals surface area contributed by atoms with Crippen LogP contribution in [-0.2, 0) is 19.0 Å². The van der Waals surface area contributed by atoms with Crippen LogP contribution in [0.5, 0.6) is 0 Å². The predicted molar refractivity (Wildman–Crippen MR) is 53.1 cm³/mol. The lowest BCUT2D eigenvalue weighted by molar-refractivity contribution is -0.117. The fraction of sp³-hybridized carbons (Fsp3) is 0.600. The molecule has 0 bridgehead atoms. The summed E-state index contributed by atoms with van der Waals surface area (Å²) in [6.07, 6.45) is -0.803. The Bertz CT molecular complexity index is 231. The number of carbonyl (C=O) groups excluding carboxylic acids is 2. The Labute approximate surface area is 89.0 Å². The highest BCUT2D eigenvalue weighted by Gasteiger charge is 2.26. The molecule has 1 aliphatic rings. The molecule has 1 rings (SSSR count). The van der Waals surface area contributed by atoms with Gasteiger partial charge >= 0.3 is 12.1 Å². The molecule has 1 saturated heterocycles. The smallest absolute Gasteiger partial charge is 0.432 e. The molecule has 0 saturated carbocycles. The second kappa shape index (κ2) is 6.06. The van der Waals surface area contributed by atoms with E-state index in [-0.39, 0.29) is 23.9 Å². The summed E-state index contributed by atoms with van der Waals surface area (Å²) in [5, 5.41) is 0. The highest BCUT2D eigenvalue weighted by molar-refractivity contribution is 5.99. The number of rotatable bonds is 2. The van der Waals surface area contributed by atoms with Crippen molar-refractivity contribution in [3.8, 4) is 0 Å². The maximum absolute atomic E-state index is 10.6. The number of hydrogen-bond donors (Lipinski definition) is 0. The average molecular weight is 216 g/mol. The highest BCUT2D eigenvalue weighted by Crippen LogP contribution is 2.11. The van der Waals surface area contributed by atoms with E-state index in [1.165, 1.54) is 0 Å². The summed E-state index contributed by atoms with van der Waals surface area (Å²) in [6.45, 7) is 10.3. The van der Waals surface area contributed by atoms with E-state index in [1.54, 1.807) is 27.7 Å². The van der Waals surface area contributed by atoms with Gasteiger partial charge in [-0.1, -0.05) is 0 Å². The van der Waals surface area contributed by atoms with E-state index in [4.69, 9.17) is 9.47 Å². The molecule has 0 N–H and O–H groups in total. The van der Waals surface area contributed by atoms with Crippen molar-refractivity contribution in [2.24, 2.45) is 0 Å². The normalized spacial score (nSPS) is 12.9. The van der Waals surface area contributed by atoms with Gasteiger partial charge in [-0.2, -0.15) is 0 Å². The van der Waals surface area contributed by atoms with Crippen molar-refractivity contribution < 1.29 is 23.8 Å². The van der Waals surface area contributed by atoms with Crippen LogP contribution in [0.3, 0.4) is 0 Å². The van der Waals surface area contributed by atoms with Crippen molar-refractivity contribution in [2.45, 2.75) is 39.9 Å². The van der Waals surface area contributed by atoms with Crippen molar-refractivity contribution in [1.82, 2.24) is 0 Å². The molecule has 1 heterocycles. The van der Waals surface area contributed by atoms with E-state index in [2.05, 4.69) is 11.3 Å². The SMILES string of the molecule is C=C1OC1=O.CC(C)OC(=O)OC(C)C. The van der Waals surface area contributed by atoms with Crippen LogP contribution in [-0.4, -0.2) is 24.3 Å². The molecule has 15 heavy (non-hydrogen) atoms. The molecule has 0 aromatic rings. The first kappa shape index (κ1) is 13.5. The van der Waals surface area contributed by atoms with E-state index in [0.29, 0.717) is 0 Å². The van der Waals surface area contributed by atoms with E-state index in [1.807, 2.05) is 0 Å². The number of ether oxygens (including phenoxy) is 3. The number of carbonyl (C=O) groups is 2. The van der Waals surface area contributed by atoms with E-state index < -0.39 is 6.16 Å². The first-order valence-corrected chi connectivity index (χ1v) is 4.61.